The summed E-state index contributed by atoms with van der Waals surface area (Å²) in [6.07, 6.45) is 9.13. The molecule has 0 atom stereocenters. The van der Waals surface area contributed by atoms with Crippen LogP contribution in [-0.4, -0.2) is 9.13 Å². The molecule has 2 heteroatoms. The molecule has 0 N–H and O–H groups in total. The maximum atomic E-state index is 2.46. The Morgan fingerprint density at radius 2 is 0.774 bits per heavy atom. The van der Waals surface area contributed by atoms with E-state index in [1.807, 2.05) is 0 Å². The molecule has 2 aromatic heterocycles. The molecule has 2 heterocycles. The first kappa shape index (κ1) is 34.9. The minimum atomic E-state index is 1.07. The number of rotatable bonds is 5. The second-order valence-electron chi connectivity index (χ2n) is 16.8. The maximum absolute atomic E-state index is 2.46. The van der Waals surface area contributed by atoms with Crippen LogP contribution in [0.1, 0.15) is 18.4 Å². The van der Waals surface area contributed by atoms with Gasteiger partial charge in [-0.1, -0.05) is 152 Å². The van der Waals surface area contributed by atoms with Crippen LogP contribution in [-0.2, 0) is 0 Å². The van der Waals surface area contributed by atoms with E-state index in [-0.39, 0.29) is 0 Å². The number of hydrogen-bond acceptors (Lipinski definition) is 0. The van der Waals surface area contributed by atoms with Crippen molar-refractivity contribution < 1.29 is 0 Å². The average molecular weight is 789 g/mol. The predicted octanol–water partition coefficient (Wildman–Crippen LogP) is 16.4. The van der Waals surface area contributed by atoms with Gasteiger partial charge in [-0.15, -0.1) is 0 Å². The zero-order valence-electron chi connectivity index (χ0n) is 34.1. The largest absolute Gasteiger partial charge is 0.309 e. The lowest BCUT2D eigenvalue weighted by molar-refractivity contribution is 1.04. The standard InChI is InChI=1S/C60H40N2/c1-3-15-39(16-4-1)43-33-44(40-17-5-2-6-18-40)35-46(34-43)62-58-26-14-12-24-53(58)56-37-42(28-32-60(56)62)41-27-31-59-55(36-41)52-23-11-13-25-57(52)61(59)45-29-30-51-49-21-8-7-19-47(49)48-20-9-10-22-50(48)54(51)38-45/h1,3-5,7-38H,2,6H2. The Kier molecular flexibility index (Phi) is 7.77. The molecule has 0 fully saturated rings. The van der Waals surface area contributed by atoms with Crippen molar-refractivity contribution in [3.05, 3.63) is 224 Å². The Bertz CT molecular complexity index is 3820. The Labute approximate surface area is 359 Å². The summed E-state index contributed by atoms with van der Waals surface area (Å²) in [7, 11) is 0. The summed E-state index contributed by atoms with van der Waals surface area (Å²) in [6.45, 7) is 0. The normalized spacial score (nSPS) is 13.1. The Balaban J connectivity index is 0.976. The number of allylic oxidation sites excluding steroid dienone is 4. The SMILES string of the molecule is C1=CC(c2cc(-c3ccccc3)cc(-n3c4ccccc4c4cc(-c5ccc6c(c5)c5ccccc5n6-c5ccc6c7ccccc7c7ccccc7c6c5)ccc43)c2)=CCC1. The van der Waals surface area contributed by atoms with Crippen molar-refractivity contribution in [2.45, 2.75) is 12.8 Å². The van der Waals surface area contributed by atoms with Crippen LogP contribution in [0, 0.1) is 0 Å². The van der Waals surface area contributed by atoms with Crippen LogP contribution in [0.25, 0.3) is 115 Å². The molecule has 0 amide bonds. The number of aromatic nitrogens is 2. The number of hydrogen-bond donors (Lipinski definition) is 0. The van der Waals surface area contributed by atoms with Gasteiger partial charge in [0.2, 0.25) is 0 Å². The quantitative estimate of drug-likeness (QED) is 0.154. The molecule has 13 rings (SSSR count). The van der Waals surface area contributed by atoms with Crippen molar-refractivity contribution >= 4 is 81.5 Å². The van der Waals surface area contributed by atoms with Crippen LogP contribution < -0.4 is 0 Å². The molecule has 0 unspecified atom stereocenters. The third kappa shape index (κ3) is 5.36. The highest BCUT2D eigenvalue weighted by Crippen LogP contribution is 2.41. The molecule has 1 aliphatic rings. The molecule has 0 saturated carbocycles. The zero-order valence-corrected chi connectivity index (χ0v) is 34.1. The first-order chi connectivity index (χ1) is 30.7. The maximum Gasteiger partial charge on any atom is 0.0541 e. The summed E-state index contributed by atoms with van der Waals surface area (Å²) in [5, 5.41) is 12.7. The van der Waals surface area contributed by atoms with E-state index in [4.69, 9.17) is 0 Å². The lowest BCUT2D eigenvalue weighted by Crippen LogP contribution is -1.97. The molecular formula is C60H40N2. The molecule has 0 spiro atoms. The van der Waals surface area contributed by atoms with Crippen LogP contribution >= 0.6 is 0 Å². The molecular weight excluding hydrogens is 749 g/mol. The van der Waals surface area contributed by atoms with E-state index in [0.29, 0.717) is 0 Å². The van der Waals surface area contributed by atoms with Gasteiger partial charge in [0.05, 0.1) is 22.1 Å². The van der Waals surface area contributed by atoms with E-state index in [9.17, 15) is 0 Å². The van der Waals surface area contributed by atoms with E-state index >= 15 is 0 Å². The van der Waals surface area contributed by atoms with Crippen LogP contribution in [0.2, 0.25) is 0 Å². The second kappa shape index (κ2) is 13.8. The topological polar surface area (TPSA) is 9.86 Å². The van der Waals surface area contributed by atoms with Crippen molar-refractivity contribution in [1.82, 2.24) is 9.13 Å². The molecule has 62 heavy (non-hydrogen) atoms. The van der Waals surface area contributed by atoms with Crippen LogP contribution in [0.5, 0.6) is 0 Å². The summed E-state index contributed by atoms with van der Waals surface area (Å²) in [6, 6.07) is 74.3. The number of nitrogens with zero attached hydrogens (tertiary/aromatic N) is 2. The predicted molar refractivity (Wildman–Crippen MR) is 265 cm³/mol. The molecule has 10 aromatic carbocycles. The monoisotopic (exact) mass is 788 g/mol. The Morgan fingerprint density at radius 1 is 0.274 bits per heavy atom. The molecule has 0 bridgehead atoms. The first-order valence-electron chi connectivity index (χ1n) is 21.7. The summed E-state index contributed by atoms with van der Waals surface area (Å²) in [5.41, 5.74) is 14.6. The number of benzene rings is 10. The van der Waals surface area contributed by atoms with Gasteiger partial charge < -0.3 is 9.13 Å². The Morgan fingerprint density at radius 3 is 1.37 bits per heavy atom. The third-order valence-corrected chi connectivity index (χ3v) is 13.3. The number of fused-ring (bicyclic) bond motifs is 12. The molecule has 290 valence electrons. The van der Waals surface area contributed by atoms with Crippen molar-refractivity contribution in [3.8, 4) is 33.6 Å². The van der Waals surface area contributed by atoms with Crippen molar-refractivity contribution in [2.24, 2.45) is 0 Å². The summed E-state index contributed by atoms with van der Waals surface area (Å²) >= 11 is 0. The molecule has 0 saturated heterocycles. The lowest BCUT2D eigenvalue weighted by Gasteiger charge is -2.15. The molecule has 2 nitrogen and oxygen atoms in total. The highest BCUT2D eigenvalue weighted by molar-refractivity contribution is 6.25. The van der Waals surface area contributed by atoms with Crippen LogP contribution in [0.15, 0.2) is 218 Å². The van der Waals surface area contributed by atoms with Crippen LogP contribution in [0.3, 0.4) is 0 Å². The van der Waals surface area contributed by atoms with Crippen molar-refractivity contribution in [3.63, 3.8) is 0 Å². The van der Waals surface area contributed by atoms with Gasteiger partial charge in [-0.05, 0) is 145 Å². The fourth-order valence-electron chi connectivity index (χ4n) is 10.4. The minimum Gasteiger partial charge on any atom is -0.309 e. The first-order valence-corrected chi connectivity index (χ1v) is 21.7. The van der Waals surface area contributed by atoms with E-state index in [0.717, 1.165) is 12.8 Å². The lowest BCUT2D eigenvalue weighted by atomic mass is 9.94. The number of para-hydroxylation sites is 2. The van der Waals surface area contributed by atoms with E-state index in [2.05, 4.69) is 228 Å². The summed E-state index contributed by atoms with van der Waals surface area (Å²) in [5.74, 6) is 0. The van der Waals surface area contributed by atoms with E-state index < -0.39 is 0 Å². The van der Waals surface area contributed by atoms with Gasteiger partial charge in [-0.3, -0.25) is 0 Å². The van der Waals surface area contributed by atoms with Gasteiger partial charge in [-0.25, -0.2) is 0 Å². The van der Waals surface area contributed by atoms with Gasteiger partial charge in [0, 0.05) is 32.9 Å². The summed E-state index contributed by atoms with van der Waals surface area (Å²) in [4.78, 5) is 0. The highest BCUT2D eigenvalue weighted by atomic mass is 15.0. The van der Waals surface area contributed by atoms with Gasteiger partial charge in [0.15, 0.2) is 0 Å². The van der Waals surface area contributed by atoms with Crippen molar-refractivity contribution in [1.29, 1.82) is 0 Å². The van der Waals surface area contributed by atoms with E-state index in [1.165, 1.54) is 121 Å². The second-order valence-corrected chi connectivity index (χ2v) is 16.8. The Hall–Kier alpha value is -7.94. The third-order valence-electron chi connectivity index (χ3n) is 13.3. The van der Waals surface area contributed by atoms with Gasteiger partial charge in [-0.2, -0.15) is 0 Å². The zero-order chi connectivity index (χ0) is 40.7. The molecule has 12 aromatic rings. The smallest absolute Gasteiger partial charge is 0.0541 e. The average Bonchev–Trinajstić information content (AvgIpc) is 3.86. The highest BCUT2D eigenvalue weighted by Gasteiger charge is 2.19. The van der Waals surface area contributed by atoms with E-state index in [1.54, 1.807) is 0 Å². The van der Waals surface area contributed by atoms with Gasteiger partial charge in [0.25, 0.3) is 0 Å². The fraction of sp³-hybridized carbons (Fsp3) is 0.0333. The van der Waals surface area contributed by atoms with Crippen molar-refractivity contribution in [2.75, 3.05) is 0 Å². The van der Waals surface area contributed by atoms with Gasteiger partial charge >= 0.3 is 0 Å². The fourth-order valence-corrected chi connectivity index (χ4v) is 10.4. The molecule has 0 radical (unpaired) electrons. The molecule has 0 aliphatic heterocycles. The molecule has 1 aliphatic carbocycles. The van der Waals surface area contributed by atoms with Gasteiger partial charge in [0.1, 0.15) is 0 Å². The van der Waals surface area contributed by atoms with Crippen LogP contribution in [0.4, 0.5) is 0 Å². The minimum absolute atomic E-state index is 1.07. The summed E-state index contributed by atoms with van der Waals surface area (Å²) < 4.78 is 4.91.